The van der Waals surface area contributed by atoms with E-state index < -0.39 is 0 Å². The van der Waals surface area contributed by atoms with Crippen LogP contribution in [0.4, 0.5) is 0 Å². The van der Waals surface area contributed by atoms with Crippen LogP contribution in [0.5, 0.6) is 0 Å². The highest BCUT2D eigenvalue weighted by Crippen LogP contribution is 2.41. The average molecular weight is 549 g/mol. The van der Waals surface area contributed by atoms with E-state index in [0.717, 1.165) is 41.7 Å². The molecule has 7 aromatic carbocycles. The predicted octanol–water partition coefficient (Wildman–Crippen LogP) is 9.73. The van der Waals surface area contributed by atoms with Crippen molar-refractivity contribution in [2.24, 2.45) is 0 Å². The summed E-state index contributed by atoms with van der Waals surface area (Å²) in [7, 11) is 0. The van der Waals surface area contributed by atoms with Crippen molar-refractivity contribution in [1.82, 2.24) is 0 Å². The molecule has 0 bridgehead atoms. The maximum absolute atomic E-state index is 13.1. The fourth-order valence-electron chi connectivity index (χ4n) is 5.89. The van der Waals surface area contributed by atoms with Crippen molar-refractivity contribution in [2.45, 2.75) is 0 Å². The summed E-state index contributed by atoms with van der Waals surface area (Å²) < 4.78 is 4.63. The molecule has 2 heterocycles. The summed E-state index contributed by atoms with van der Waals surface area (Å²) in [6.45, 7) is 0. The summed E-state index contributed by atoms with van der Waals surface area (Å²) in [5, 5.41) is 10.3. The Kier molecular flexibility index (Phi) is 5.21. The van der Waals surface area contributed by atoms with Crippen molar-refractivity contribution in [1.29, 1.82) is 0 Å². The molecule has 0 atom stereocenters. The fraction of sp³-hybridized carbons (Fsp3) is 0. The molecule has 0 aliphatic carbocycles. The Morgan fingerprint density at radius 1 is 0.300 bits per heavy atom. The van der Waals surface area contributed by atoms with Crippen LogP contribution in [0.25, 0.3) is 72.7 Å². The van der Waals surface area contributed by atoms with Gasteiger partial charge in [-0.3, -0.25) is 9.59 Å². The first kappa shape index (κ1) is 23.3. The van der Waals surface area contributed by atoms with Gasteiger partial charge < -0.3 is 0 Å². The highest BCUT2D eigenvalue weighted by molar-refractivity contribution is 7.25. The Balaban J connectivity index is 0.000000140. The Morgan fingerprint density at radius 2 is 0.725 bits per heavy atom. The Labute approximate surface area is 236 Å². The third-order valence-electron chi connectivity index (χ3n) is 7.71. The molecular formula is C36H20O2S2. The number of rotatable bonds is 0. The minimum absolute atomic E-state index is 0.135. The van der Waals surface area contributed by atoms with Crippen LogP contribution in [-0.2, 0) is 0 Å². The van der Waals surface area contributed by atoms with E-state index in [2.05, 4.69) is 48.5 Å². The zero-order chi connectivity index (χ0) is 26.8. The van der Waals surface area contributed by atoms with Crippen molar-refractivity contribution >= 4 is 95.3 Å². The van der Waals surface area contributed by atoms with Crippen LogP contribution in [-0.4, -0.2) is 0 Å². The lowest BCUT2D eigenvalue weighted by Crippen LogP contribution is -2.03. The molecule has 0 aliphatic heterocycles. The second kappa shape index (κ2) is 8.95. The summed E-state index contributed by atoms with van der Waals surface area (Å²) >= 11 is 3.46. The summed E-state index contributed by atoms with van der Waals surface area (Å²) in [4.78, 5) is 25.2. The van der Waals surface area contributed by atoms with Crippen LogP contribution in [0.1, 0.15) is 0 Å². The van der Waals surface area contributed by atoms with Crippen LogP contribution < -0.4 is 10.9 Å². The van der Waals surface area contributed by atoms with Gasteiger partial charge in [0.2, 0.25) is 0 Å². The molecule has 9 aromatic rings. The first-order valence-corrected chi connectivity index (χ1v) is 14.7. The molecule has 0 saturated heterocycles. The van der Waals surface area contributed by atoms with Crippen LogP contribution in [0.3, 0.4) is 0 Å². The van der Waals surface area contributed by atoms with Crippen molar-refractivity contribution in [3.63, 3.8) is 0 Å². The van der Waals surface area contributed by atoms with E-state index in [9.17, 15) is 9.59 Å². The minimum Gasteiger partial charge on any atom is -0.289 e. The average Bonchev–Trinajstić information content (AvgIpc) is 3.01. The minimum atomic E-state index is 0.135. The van der Waals surface area contributed by atoms with Crippen molar-refractivity contribution < 1.29 is 0 Å². The van der Waals surface area contributed by atoms with Gasteiger partial charge in [0.1, 0.15) is 0 Å². The summed E-state index contributed by atoms with van der Waals surface area (Å²) in [5.74, 6) is 0. The molecule has 9 rings (SSSR count). The molecule has 0 fully saturated rings. The second-order valence-electron chi connectivity index (χ2n) is 9.92. The zero-order valence-electron chi connectivity index (χ0n) is 21.2. The molecule has 0 aliphatic rings. The van der Waals surface area contributed by atoms with E-state index in [1.54, 1.807) is 22.7 Å². The van der Waals surface area contributed by atoms with E-state index in [4.69, 9.17) is 0 Å². The number of hydrogen-bond donors (Lipinski definition) is 0. The van der Waals surface area contributed by atoms with Gasteiger partial charge in [0, 0.05) is 51.1 Å². The first-order valence-electron chi connectivity index (χ1n) is 13.1. The molecule has 0 unspecified atom stereocenters. The molecule has 0 saturated carbocycles. The molecule has 0 N–H and O–H groups in total. The van der Waals surface area contributed by atoms with Crippen LogP contribution in [0, 0.1) is 0 Å². The highest BCUT2D eigenvalue weighted by Gasteiger charge is 2.16. The van der Waals surface area contributed by atoms with Gasteiger partial charge >= 0.3 is 0 Å². The highest BCUT2D eigenvalue weighted by atomic mass is 32.1. The summed E-state index contributed by atoms with van der Waals surface area (Å²) in [5.41, 5.74) is 0.274. The first-order chi connectivity index (χ1) is 19.7. The third-order valence-corrected chi connectivity index (χ3v) is 10.00. The Morgan fingerprint density at radius 3 is 1.40 bits per heavy atom. The molecule has 2 aromatic heterocycles. The van der Waals surface area contributed by atoms with Gasteiger partial charge in [-0.15, -0.1) is 22.7 Å². The predicted molar refractivity (Wildman–Crippen MR) is 175 cm³/mol. The molecule has 2 nitrogen and oxygen atoms in total. The maximum atomic E-state index is 13.1. The smallest absolute Gasteiger partial charge is 0.195 e. The molecule has 40 heavy (non-hydrogen) atoms. The standard InChI is InChI=1S/C23H12OS.C13H8OS/c24-23-17-7-2-1-5-13(17)15-11-12-20-22-16(9-10-18(23)21(15)22)14-6-3-4-8-19(14)25-20;14-13-9-5-1-3-7-11(9)15-12-8-4-2-6-10(12)13/h1-12H;1-8H. The molecule has 188 valence electrons. The lowest BCUT2D eigenvalue weighted by atomic mass is 9.92. The van der Waals surface area contributed by atoms with E-state index in [1.807, 2.05) is 72.8 Å². The maximum Gasteiger partial charge on any atom is 0.195 e. The summed E-state index contributed by atoms with van der Waals surface area (Å²) in [6, 6.07) is 40.5. The van der Waals surface area contributed by atoms with E-state index in [0.29, 0.717) is 0 Å². The largest absolute Gasteiger partial charge is 0.289 e. The molecule has 4 heteroatoms. The van der Waals surface area contributed by atoms with Crippen molar-refractivity contribution in [3.05, 3.63) is 142 Å². The van der Waals surface area contributed by atoms with Gasteiger partial charge in [-0.2, -0.15) is 0 Å². The van der Waals surface area contributed by atoms with Crippen LogP contribution >= 0.6 is 22.7 Å². The van der Waals surface area contributed by atoms with Gasteiger partial charge in [0.15, 0.2) is 10.9 Å². The van der Waals surface area contributed by atoms with E-state index >= 15 is 0 Å². The third kappa shape index (κ3) is 3.40. The van der Waals surface area contributed by atoms with Gasteiger partial charge in [-0.1, -0.05) is 78.9 Å². The zero-order valence-corrected chi connectivity index (χ0v) is 22.8. The fourth-order valence-corrected chi connectivity index (χ4v) is 8.09. The van der Waals surface area contributed by atoms with E-state index in [-0.39, 0.29) is 10.9 Å². The lowest BCUT2D eigenvalue weighted by Gasteiger charge is -2.13. The Bertz CT molecular complexity index is 2480. The monoisotopic (exact) mass is 548 g/mol. The number of benzene rings is 7. The van der Waals surface area contributed by atoms with Gasteiger partial charge in [0.25, 0.3) is 0 Å². The topological polar surface area (TPSA) is 34.1 Å². The second-order valence-corrected chi connectivity index (χ2v) is 12.1. The molecule has 0 radical (unpaired) electrons. The molecule has 0 spiro atoms. The molecular weight excluding hydrogens is 529 g/mol. The number of hydrogen-bond acceptors (Lipinski definition) is 4. The molecule has 0 amide bonds. The Hall–Kier alpha value is -4.64. The van der Waals surface area contributed by atoms with Crippen molar-refractivity contribution in [3.8, 4) is 0 Å². The quantitative estimate of drug-likeness (QED) is 0.140. The van der Waals surface area contributed by atoms with Crippen LogP contribution in [0.2, 0.25) is 0 Å². The van der Waals surface area contributed by atoms with E-state index in [1.165, 1.54) is 30.9 Å². The normalized spacial score (nSPS) is 11.7. The van der Waals surface area contributed by atoms with Gasteiger partial charge in [-0.25, -0.2) is 0 Å². The van der Waals surface area contributed by atoms with Gasteiger partial charge in [-0.05, 0) is 64.0 Å². The summed E-state index contributed by atoms with van der Waals surface area (Å²) in [6.07, 6.45) is 0. The lowest BCUT2D eigenvalue weighted by molar-refractivity contribution is 1.74. The van der Waals surface area contributed by atoms with Crippen LogP contribution in [0.15, 0.2) is 131 Å². The van der Waals surface area contributed by atoms with Crippen molar-refractivity contribution in [2.75, 3.05) is 0 Å². The van der Waals surface area contributed by atoms with Gasteiger partial charge in [0.05, 0.1) is 0 Å². The SMILES string of the molecule is O=c1c2ccccc2c2ccc3sc4ccccc4c4ccc1c2c34.O=c1c2ccccc2sc2ccccc12. The number of fused-ring (bicyclic) bond motifs is 6.